The second-order valence-electron chi connectivity index (χ2n) is 5.17. The number of allylic oxidation sites excluding steroid dienone is 4. The molecule has 0 aromatic heterocycles. The Labute approximate surface area is 91.2 Å². The van der Waals surface area contributed by atoms with Crippen LogP contribution < -0.4 is 5.32 Å². The molecule has 1 aliphatic heterocycles. The molecule has 1 N–H and O–H groups in total. The quantitative estimate of drug-likeness (QED) is 0.608. The van der Waals surface area contributed by atoms with Crippen molar-refractivity contribution in [3.8, 4) is 0 Å². The molecule has 0 aromatic rings. The Morgan fingerprint density at radius 3 is 2.93 bits per heavy atom. The molecule has 1 aliphatic carbocycles. The van der Waals surface area contributed by atoms with Gasteiger partial charge in [0.1, 0.15) is 0 Å². The van der Waals surface area contributed by atoms with E-state index in [1.807, 2.05) is 0 Å². The third-order valence-electron chi connectivity index (χ3n) is 3.20. The van der Waals surface area contributed by atoms with Gasteiger partial charge in [-0.05, 0) is 32.3 Å². The molecule has 2 aliphatic rings. The highest BCUT2D eigenvalue weighted by Gasteiger charge is 2.38. The van der Waals surface area contributed by atoms with E-state index in [0.717, 1.165) is 0 Å². The maximum atomic E-state index is 6.31. The predicted octanol–water partition coefficient (Wildman–Crippen LogP) is 3.07. The van der Waals surface area contributed by atoms with E-state index in [4.69, 9.17) is 11.6 Å². The van der Waals surface area contributed by atoms with Crippen molar-refractivity contribution in [1.82, 2.24) is 5.32 Å². The fourth-order valence-corrected chi connectivity index (χ4v) is 3.25. The third kappa shape index (κ3) is 1.70. The molecular formula is C12H18ClN. The molecular weight excluding hydrogens is 194 g/mol. The Hall–Kier alpha value is -0.430. The Balaban J connectivity index is 2.27. The molecule has 0 bridgehead atoms. The lowest BCUT2D eigenvalue weighted by Gasteiger charge is -2.45. The van der Waals surface area contributed by atoms with Crippen LogP contribution in [0.15, 0.2) is 23.9 Å². The standard InChI is InChI=1S/C12H18ClN/c1-8-7-12(2,3)14-10-6-4-5-9(13)11(8)10/h4-6,8-9,11,14H,7H2,1-3H3. The molecule has 1 nitrogen and oxygen atoms in total. The van der Waals surface area contributed by atoms with Crippen LogP contribution in [0.1, 0.15) is 27.2 Å². The van der Waals surface area contributed by atoms with E-state index in [1.165, 1.54) is 12.1 Å². The molecule has 1 fully saturated rings. The predicted molar refractivity (Wildman–Crippen MR) is 61.3 cm³/mol. The Bertz CT molecular complexity index is 291. The van der Waals surface area contributed by atoms with E-state index in [9.17, 15) is 0 Å². The molecule has 78 valence electrons. The lowest BCUT2D eigenvalue weighted by atomic mass is 9.74. The third-order valence-corrected chi connectivity index (χ3v) is 3.62. The van der Waals surface area contributed by atoms with Gasteiger partial charge in [0.15, 0.2) is 0 Å². The number of piperidine rings is 1. The Morgan fingerprint density at radius 1 is 1.50 bits per heavy atom. The molecule has 0 spiro atoms. The zero-order valence-corrected chi connectivity index (χ0v) is 9.81. The fourth-order valence-electron chi connectivity index (χ4n) is 2.79. The van der Waals surface area contributed by atoms with Crippen molar-refractivity contribution in [2.24, 2.45) is 11.8 Å². The van der Waals surface area contributed by atoms with Crippen molar-refractivity contribution >= 4 is 11.6 Å². The normalized spacial score (nSPS) is 39.7. The van der Waals surface area contributed by atoms with Gasteiger partial charge in [0.2, 0.25) is 0 Å². The highest BCUT2D eigenvalue weighted by atomic mass is 35.5. The summed E-state index contributed by atoms with van der Waals surface area (Å²) in [6, 6.07) is 0. The number of halogens is 1. The van der Waals surface area contributed by atoms with Crippen LogP contribution >= 0.6 is 11.6 Å². The van der Waals surface area contributed by atoms with Gasteiger partial charge in [-0.25, -0.2) is 0 Å². The van der Waals surface area contributed by atoms with Crippen molar-refractivity contribution in [2.75, 3.05) is 0 Å². The van der Waals surface area contributed by atoms with Crippen molar-refractivity contribution in [1.29, 1.82) is 0 Å². The minimum atomic E-state index is 0.161. The number of nitrogens with one attached hydrogen (secondary N) is 1. The van der Waals surface area contributed by atoms with Gasteiger partial charge in [-0.1, -0.05) is 19.1 Å². The van der Waals surface area contributed by atoms with Crippen LogP contribution in [0.2, 0.25) is 0 Å². The van der Waals surface area contributed by atoms with Crippen LogP contribution in [0.25, 0.3) is 0 Å². The first-order valence-corrected chi connectivity index (χ1v) is 5.74. The molecule has 2 heteroatoms. The zero-order chi connectivity index (χ0) is 10.3. The van der Waals surface area contributed by atoms with Crippen molar-refractivity contribution < 1.29 is 0 Å². The fraction of sp³-hybridized carbons (Fsp3) is 0.667. The topological polar surface area (TPSA) is 12.0 Å². The molecule has 1 heterocycles. The summed E-state index contributed by atoms with van der Waals surface area (Å²) >= 11 is 6.31. The van der Waals surface area contributed by atoms with Crippen molar-refractivity contribution in [3.05, 3.63) is 23.9 Å². The summed E-state index contributed by atoms with van der Waals surface area (Å²) in [7, 11) is 0. The molecule has 3 unspecified atom stereocenters. The first kappa shape index (κ1) is 10.1. The zero-order valence-electron chi connectivity index (χ0n) is 9.05. The number of alkyl halides is 1. The monoisotopic (exact) mass is 211 g/mol. The number of rotatable bonds is 0. The summed E-state index contributed by atoms with van der Waals surface area (Å²) in [6.07, 6.45) is 7.50. The molecule has 14 heavy (non-hydrogen) atoms. The van der Waals surface area contributed by atoms with E-state index in [0.29, 0.717) is 11.8 Å². The number of hydrogen-bond donors (Lipinski definition) is 1. The molecule has 0 amide bonds. The minimum absolute atomic E-state index is 0.161. The maximum absolute atomic E-state index is 6.31. The molecule has 0 saturated carbocycles. The highest BCUT2D eigenvalue weighted by Crippen LogP contribution is 2.39. The van der Waals surface area contributed by atoms with Gasteiger partial charge in [0, 0.05) is 17.2 Å². The lowest BCUT2D eigenvalue weighted by Crippen LogP contribution is -2.50. The maximum Gasteiger partial charge on any atom is 0.0604 e. The van der Waals surface area contributed by atoms with Crippen LogP contribution in [0.3, 0.4) is 0 Å². The van der Waals surface area contributed by atoms with Crippen LogP contribution in [0.5, 0.6) is 0 Å². The average Bonchev–Trinajstić information content (AvgIpc) is 2.00. The van der Waals surface area contributed by atoms with E-state index >= 15 is 0 Å². The van der Waals surface area contributed by atoms with Crippen LogP contribution in [0.4, 0.5) is 0 Å². The molecule has 0 aromatic carbocycles. The highest BCUT2D eigenvalue weighted by molar-refractivity contribution is 6.22. The Morgan fingerprint density at radius 2 is 2.21 bits per heavy atom. The van der Waals surface area contributed by atoms with Crippen LogP contribution in [0, 0.1) is 11.8 Å². The number of fused-ring (bicyclic) bond motifs is 1. The summed E-state index contributed by atoms with van der Waals surface area (Å²) in [5.74, 6) is 1.14. The van der Waals surface area contributed by atoms with Gasteiger partial charge in [-0.3, -0.25) is 0 Å². The van der Waals surface area contributed by atoms with Crippen molar-refractivity contribution in [3.63, 3.8) is 0 Å². The lowest BCUT2D eigenvalue weighted by molar-refractivity contribution is 0.215. The summed E-state index contributed by atoms with van der Waals surface area (Å²) < 4.78 is 0. The molecule has 2 rings (SSSR count). The van der Waals surface area contributed by atoms with Crippen LogP contribution in [-0.2, 0) is 0 Å². The second-order valence-corrected chi connectivity index (χ2v) is 5.67. The van der Waals surface area contributed by atoms with Gasteiger partial charge in [-0.15, -0.1) is 11.6 Å². The molecule has 0 radical (unpaired) electrons. The Kier molecular flexibility index (Phi) is 2.38. The first-order chi connectivity index (χ1) is 6.49. The van der Waals surface area contributed by atoms with E-state index in [2.05, 4.69) is 44.3 Å². The van der Waals surface area contributed by atoms with Gasteiger partial charge in [0.25, 0.3) is 0 Å². The largest absolute Gasteiger partial charge is 0.383 e. The van der Waals surface area contributed by atoms with Crippen molar-refractivity contribution in [2.45, 2.75) is 38.1 Å². The first-order valence-electron chi connectivity index (χ1n) is 5.30. The van der Waals surface area contributed by atoms with Gasteiger partial charge in [0.05, 0.1) is 5.38 Å². The summed E-state index contributed by atoms with van der Waals surface area (Å²) in [6.45, 7) is 6.81. The number of hydrogen-bond acceptors (Lipinski definition) is 1. The van der Waals surface area contributed by atoms with Gasteiger partial charge in [-0.2, -0.15) is 0 Å². The smallest absolute Gasteiger partial charge is 0.0604 e. The average molecular weight is 212 g/mol. The van der Waals surface area contributed by atoms with Crippen LogP contribution in [-0.4, -0.2) is 10.9 Å². The molecule has 1 saturated heterocycles. The summed E-state index contributed by atoms with van der Waals surface area (Å²) in [5, 5.41) is 3.74. The van der Waals surface area contributed by atoms with Gasteiger partial charge < -0.3 is 5.32 Å². The van der Waals surface area contributed by atoms with E-state index < -0.39 is 0 Å². The summed E-state index contributed by atoms with van der Waals surface area (Å²) in [5.41, 5.74) is 1.53. The summed E-state index contributed by atoms with van der Waals surface area (Å²) in [4.78, 5) is 0. The second kappa shape index (κ2) is 3.30. The molecule has 3 atom stereocenters. The van der Waals surface area contributed by atoms with E-state index in [1.54, 1.807) is 0 Å². The van der Waals surface area contributed by atoms with E-state index in [-0.39, 0.29) is 10.9 Å². The SMILES string of the molecule is CC1CC(C)(C)NC2=CC=CC(Cl)C21. The minimum Gasteiger partial charge on any atom is -0.383 e. The van der Waals surface area contributed by atoms with Gasteiger partial charge >= 0.3 is 0 Å².